The van der Waals surface area contributed by atoms with Gasteiger partial charge in [-0.05, 0) is 49.9 Å². The predicted octanol–water partition coefficient (Wildman–Crippen LogP) is 3.83. The summed E-state index contributed by atoms with van der Waals surface area (Å²) in [5, 5.41) is 19.0. The maximum Gasteiger partial charge on any atom is 0.247 e. The third-order valence-corrected chi connectivity index (χ3v) is 4.08. The molecule has 0 spiro atoms. The van der Waals surface area contributed by atoms with Gasteiger partial charge in [0, 0.05) is 11.5 Å². The zero-order valence-electron chi connectivity index (χ0n) is 11.3. The van der Waals surface area contributed by atoms with Crippen molar-refractivity contribution in [3.8, 4) is 28.5 Å². The number of benzene rings is 1. The summed E-state index contributed by atoms with van der Waals surface area (Å²) in [6.45, 7) is 0. The van der Waals surface area contributed by atoms with Crippen LogP contribution in [0.4, 0.5) is 0 Å². The maximum atomic E-state index is 9.30. The zero-order valence-corrected chi connectivity index (χ0v) is 12.1. The second kappa shape index (κ2) is 6.02. The molecular formula is C15H14N2O3S. The Morgan fingerprint density at radius 2 is 1.95 bits per heavy atom. The third kappa shape index (κ3) is 3.09. The van der Waals surface area contributed by atoms with Crippen molar-refractivity contribution in [3.63, 3.8) is 0 Å². The fraction of sp³-hybridized carbons (Fsp3) is 0.333. The number of phenols is 1. The molecule has 21 heavy (non-hydrogen) atoms. The topological polar surface area (TPSA) is 75.4 Å². The average Bonchev–Trinajstić information content (AvgIpc) is 3.12. The Kier molecular flexibility index (Phi) is 3.93. The summed E-state index contributed by atoms with van der Waals surface area (Å²) in [6.07, 6.45) is 4.49. The summed E-state index contributed by atoms with van der Waals surface area (Å²) >= 11 is 1.10. The van der Waals surface area contributed by atoms with Crippen LogP contribution in [0.3, 0.4) is 0 Å². The molecule has 1 aliphatic carbocycles. The first-order valence-electron chi connectivity index (χ1n) is 6.79. The van der Waals surface area contributed by atoms with Crippen molar-refractivity contribution in [2.45, 2.75) is 31.8 Å². The van der Waals surface area contributed by atoms with Crippen LogP contribution in [0.1, 0.15) is 31.2 Å². The Morgan fingerprint density at radius 1 is 1.24 bits per heavy atom. The molecule has 108 valence electrons. The molecular weight excluding hydrogens is 288 g/mol. The molecule has 0 radical (unpaired) electrons. The number of hydrogen-bond donors (Lipinski definition) is 1. The molecule has 1 N–H and O–H groups in total. The van der Waals surface area contributed by atoms with Crippen LogP contribution in [0.5, 0.6) is 22.4 Å². The maximum absolute atomic E-state index is 9.30. The highest BCUT2D eigenvalue weighted by Crippen LogP contribution is 2.37. The third-order valence-electron chi connectivity index (χ3n) is 3.37. The Morgan fingerprint density at radius 3 is 2.62 bits per heavy atom. The highest BCUT2D eigenvalue weighted by atomic mass is 32.1. The Hall–Kier alpha value is -2.26. The molecule has 1 saturated carbocycles. The lowest BCUT2D eigenvalue weighted by molar-refractivity contribution is 0.202. The molecule has 1 aromatic carbocycles. The van der Waals surface area contributed by atoms with Crippen molar-refractivity contribution >= 4 is 11.5 Å². The SMILES string of the molecule is N#Cc1c(OC2CCCC2)nsc1Oc1ccc(O)cc1. The van der Waals surface area contributed by atoms with Gasteiger partial charge in [0.25, 0.3) is 0 Å². The number of ether oxygens (including phenoxy) is 2. The van der Waals surface area contributed by atoms with E-state index in [0.29, 0.717) is 22.3 Å². The molecule has 0 bridgehead atoms. The number of aromatic nitrogens is 1. The normalized spacial score (nSPS) is 14.8. The summed E-state index contributed by atoms with van der Waals surface area (Å²) in [7, 11) is 0. The van der Waals surface area contributed by atoms with Gasteiger partial charge >= 0.3 is 0 Å². The van der Waals surface area contributed by atoms with Gasteiger partial charge in [0.05, 0.1) is 0 Å². The molecule has 2 aromatic rings. The van der Waals surface area contributed by atoms with E-state index >= 15 is 0 Å². The van der Waals surface area contributed by atoms with Gasteiger partial charge in [0.15, 0.2) is 5.56 Å². The molecule has 1 aromatic heterocycles. The number of hydrogen-bond acceptors (Lipinski definition) is 6. The van der Waals surface area contributed by atoms with Gasteiger partial charge in [0.2, 0.25) is 10.9 Å². The van der Waals surface area contributed by atoms with Crippen molar-refractivity contribution < 1.29 is 14.6 Å². The van der Waals surface area contributed by atoms with Crippen LogP contribution in [0.15, 0.2) is 24.3 Å². The first kappa shape index (κ1) is 13.7. The van der Waals surface area contributed by atoms with E-state index in [1.165, 1.54) is 12.1 Å². The van der Waals surface area contributed by atoms with Gasteiger partial charge in [-0.1, -0.05) is 0 Å². The quantitative estimate of drug-likeness (QED) is 0.928. The van der Waals surface area contributed by atoms with E-state index in [2.05, 4.69) is 10.4 Å². The number of nitriles is 1. The highest BCUT2D eigenvalue weighted by molar-refractivity contribution is 7.08. The molecule has 0 amide bonds. The van der Waals surface area contributed by atoms with Gasteiger partial charge in [-0.15, -0.1) is 0 Å². The molecule has 6 heteroatoms. The lowest BCUT2D eigenvalue weighted by atomic mass is 10.3. The Balaban J connectivity index is 1.77. The van der Waals surface area contributed by atoms with Crippen LogP contribution in [0, 0.1) is 11.3 Å². The predicted molar refractivity (Wildman–Crippen MR) is 77.9 cm³/mol. The van der Waals surface area contributed by atoms with Crippen molar-refractivity contribution in [1.29, 1.82) is 5.26 Å². The smallest absolute Gasteiger partial charge is 0.247 e. The summed E-state index contributed by atoms with van der Waals surface area (Å²) in [5.41, 5.74) is 0.333. The number of aromatic hydroxyl groups is 1. The van der Waals surface area contributed by atoms with Crippen LogP contribution >= 0.6 is 11.5 Å². The largest absolute Gasteiger partial charge is 0.508 e. The molecule has 0 saturated heterocycles. The summed E-state index contributed by atoms with van der Waals surface area (Å²) in [4.78, 5) is 0. The standard InChI is InChI=1S/C15H14N2O3S/c16-9-13-14(19-11-3-1-2-4-11)17-21-15(13)20-12-7-5-10(18)6-8-12/h5-8,11,18H,1-4H2. The fourth-order valence-corrected chi connectivity index (χ4v) is 2.95. The van der Waals surface area contributed by atoms with Crippen molar-refractivity contribution in [3.05, 3.63) is 29.8 Å². The van der Waals surface area contributed by atoms with Crippen molar-refractivity contribution in [2.24, 2.45) is 0 Å². The Labute approximate surface area is 126 Å². The number of nitrogens with zero attached hydrogens (tertiary/aromatic N) is 2. The van der Waals surface area contributed by atoms with E-state index in [1.54, 1.807) is 12.1 Å². The second-order valence-electron chi connectivity index (χ2n) is 4.88. The highest BCUT2D eigenvalue weighted by Gasteiger charge is 2.23. The molecule has 3 rings (SSSR count). The van der Waals surface area contributed by atoms with Gasteiger partial charge in [-0.25, -0.2) is 0 Å². The van der Waals surface area contributed by atoms with E-state index in [9.17, 15) is 10.4 Å². The monoisotopic (exact) mass is 302 g/mol. The van der Waals surface area contributed by atoms with Crippen LogP contribution in [0.25, 0.3) is 0 Å². The van der Waals surface area contributed by atoms with Gasteiger partial charge < -0.3 is 14.6 Å². The zero-order chi connectivity index (χ0) is 14.7. The lowest BCUT2D eigenvalue weighted by Gasteiger charge is -2.10. The minimum atomic E-state index is 0.153. The van der Waals surface area contributed by atoms with Gasteiger partial charge in [-0.2, -0.15) is 9.64 Å². The van der Waals surface area contributed by atoms with Crippen LogP contribution in [0.2, 0.25) is 0 Å². The van der Waals surface area contributed by atoms with Crippen LogP contribution in [-0.2, 0) is 0 Å². The molecule has 1 fully saturated rings. The van der Waals surface area contributed by atoms with Gasteiger partial charge in [0.1, 0.15) is 23.7 Å². The molecule has 0 aliphatic heterocycles. The molecule has 1 heterocycles. The van der Waals surface area contributed by atoms with E-state index in [0.717, 1.165) is 37.2 Å². The fourth-order valence-electron chi connectivity index (χ4n) is 2.29. The van der Waals surface area contributed by atoms with E-state index < -0.39 is 0 Å². The van der Waals surface area contributed by atoms with Crippen molar-refractivity contribution in [2.75, 3.05) is 0 Å². The Bertz CT molecular complexity index is 655. The molecule has 0 unspecified atom stereocenters. The average molecular weight is 302 g/mol. The van der Waals surface area contributed by atoms with Gasteiger partial charge in [-0.3, -0.25) is 0 Å². The lowest BCUT2D eigenvalue weighted by Crippen LogP contribution is -2.11. The molecule has 0 atom stereocenters. The minimum Gasteiger partial charge on any atom is -0.508 e. The number of rotatable bonds is 4. The van der Waals surface area contributed by atoms with Crippen LogP contribution in [-0.4, -0.2) is 15.6 Å². The first-order chi connectivity index (χ1) is 10.3. The first-order valence-corrected chi connectivity index (χ1v) is 7.57. The summed E-state index contributed by atoms with van der Waals surface area (Å²) in [6, 6.07) is 8.42. The number of phenolic OH excluding ortho intramolecular Hbond substituents is 1. The van der Waals surface area contributed by atoms with E-state index in [-0.39, 0.29) is 11.9 Å². The van der Waals surface area contributed by atoms with Crippen molar-refractivity contribution in [1.82, 2.24) is 4.37 Å². The van der Waals surface area contributed by atoms with E-state index in [4.69, 9.17) is 9.47 Å². The summed E-state index contributed by atoms with van der Waals surface area (Å²) in [5.74, 6) is 1.07. The molecule has 5 nitrogen and oxygen atoms in total. The minimum absolute atomic E-state index is 0.153. The van der Waals surface area contributed by atoms with Crippen LogP contribution < -0.4 is 9.47 Å². The molecule has 1 aliphatic rings. The second-order valence-corrected chi connectivity index (χ2v) is 5.62. The summed E-state index contributed by atoms with van der Waals surface area (Å²) < 4.78 is 15.6. The van der Waals surface area contributed by atoms with E-state index in [1.807, 2.05) is 0 Å².